The van der Waals surface area contributed by atoms with Crippen LogP contribution in [0.1, 0.15) is 145 Å². The highest BCUT2D eigenvalue weighted by molar-refractivity contribution is 14.1. The molecule has 4 atom stereocenters. The van der Waals surface area contributed by atoms with Gasteiger partial charge >= 0.3 is 0 Å². The zero-order valence-corrected chi connectivity index (χ0v) is 30.9. The largest absolute Gasteiger partial charge is 0.410 e. The number of alkyl halides is 1. The Bertz CT molecular complexity index is 1400. The number of nitrogens with zero attached hydrogens (tertiary/aromatic N) is 2. The lowest BCUT2D eigenvalue weighted by Crippen LogP contribution is -2.44. The molecule has 0 N–H and O–H groups in total. The van der Waals surface area contributed by atoms with Crippen LogP contribution in [0.15, 0.2) is 24.3 Å². The molecule has 3 aliphatic rings. The fourth-order valence-electron chi connectivity index (χ4n) is 7.14. The summed E-state index contributed by atoms with van der Waals surface area (Å²) in [4.78, 5) is 5.56. The summed E-state index contributed by atoms with van der Waals surface area (Å²) >= 11 is 2.68. The van der Waals surface area contributed by atoms with E-state index in [1.165, 1.54) is 34.5 Å². The molecular weight excluding hydrogens is 647 g/mol. The molecule has 1 aliphatic heterocycles. The van der Waals surface area contributed by atoms with Crippen molar-refractivity contribution in [1.82, 2.24) is 4.98 Å². The Morgan fingerprint density at radius 3 is 2.26 bits per heavy atom. The summed E-state index contributed by atoms with van der Waals surface area (Å²) in [6.07, 6.45) is 5.19. The molecule has 1 aromatic carbocycles. The number of benzene rings is 1. The number of aromatic nitrogens is 1. The van der Waals surface area contributed by atoms with Crippen molar-refractivity contribution < 1.29 is 9.16 Å². The number of ether oxygens (including phenoxy) is 1. The number of hydrogen-bond donors (Lipinski definition) is 0. The molecule has 1 fully saturated rings. The molecule has 0 bridgehead atoms. The molecule has 0 saturated heterocycles. The van der Waals surface area contributed by atoms with E-state index in [4.69, 9.17) is 14.1 Å². The van der Waals surface area contributed by atoms with E-state index in [-0.39, 0.29) is 34.2 Å². The minimum Gasteiger partial charge on any atom is -0.410 e. The van der Waals surface area contributed by atoms with Crippen LogP contribution in [0.3, 0.4) is 0 Å². The Hall–Kier alpha value is -1.27. The highest BCUT2D eigenvalue weighted by atomic mass is 127. The lowest BCUT2D eigenvalue weighted by molar-refractivity contribution is -0.0514. The maximum Gasteiger partial charge on any atom is 0.192 e. The summed E-state index contributed by atoms with van der Waals surface area (Å²) in [7, 11) is -2.07. The highest BCUT2D eigenvalue weighted by Crippen LogP contribution is 2.62. The van der Waals surface area contributed by atoms with Crippen LogP contribution in [0.2, 0.25) is 18.1 Å². The Balaban J connectivity index is 1.77. The molecule has 2 heterocycles. The second-order valence-electron chi connectivity index (χ2n) is 16.3. The van der Waals surface area contributed by atoms with Gasteiger partial charge in [0.25, 0.3) is 0 Å². The normalized spacial score (nSPS) is 27.3. The molecule has 1 saturated carbocycles. The maximum atomic E-state index is 9.74. The quantitative estimate of drug-likeness (QED) is 0.177. The van der Waals surface area contributed by atoms with Gasteiger partial charge in [-0.05, 0) is 86.5 Å². The summed E-state index contributed by atoms with van der Waals surface area (Å²) in [5.41, 5.74) is 7.93. The lowest BCUT2D eigenvalue weighted by Gasteiger charge is -2.45. The van der Waals surface area contributed by atoms with Crippen molar-refractivity contribution in [3.63, 3.8) is 0 Å². The van der Waals surface area contributed by atoms with Gasteiger partial charge in [0.15, 0.2) is 8.32 Å². The minimum absolute atomic E-state index is 0.0225. The Labute approximate surface area is 269 Å². The van der Waals surface area contributed by atoms with Gasteiger partial charge in [0, 0.05) is 32.0 Å². The van der Waals surface area contributed by atoms with E-state index in [1.54, 1.807) is 0 Å². The van der Waals surface area contributed by atoms with Gasteiger partial charge in [-0.2, -0.15) is 5.26 Å². The van der Waals surface area contributed by atoms with E-state index >= 15 is 0 Å². The second-order valence-corrected chi connectivity index (χ2v) is 22.6. The first kappa shape index (κ1) is 32.1. The van der Waals surface area contributed by atoms with Crippen LogP contribution in [0, 0.1) is 16.7 Å². The van der Waals surface area contributed by atoms with Gasteiger partial charge in [-0.15, -0.1) is 0 Å². The van der Waals surface area contributed by atoms with Crippen molar-refractivity contribution in [2.45, 2.75) is 146 Å². The van der Waals surface area contributed by atoms with Crippen molar-refractivity contribution in [2.75, 3.05) is 0 Å². The average Bonchev–Trinajstić information content (AvgIpc) is 3.42. The Morgan fingerprint density at radius 2 is 1.74 bits per heavy atom. The summed E-state index contributed by atoms with van der Waals surface area (Å²) < 4.78 is 15.2. The van der Waals surface area contributed by atoms with Crippen LogP contribution in [0.25, 0.3) is 0 Å². The van der Waals surface area contributed by atoms with Crippen molar-refractivity contribution in [2.24, 2.45) is 5.41 Å². The van der Waals surface area contributed by atoms with Crippen molar-refractivity contribution in [3.05, 3.63) is 63.5 Å². The van der Waals surface area contributed by atoms with E-state index in [9.17, 15) is 5.26 Å². The standard InChI is InChI=1S/C36H51IN2O2Si/c1-22(2)31-29-30(28-25(39-31)19-34(6,7)20-26(28)41-42(10,11)33(3,4)5)36(18-12-13-27(36)37)40-32(29)23-14-16-24(17-15-23)35(8,9)21-38/h14-17,22,26-27,32H,12-13,18-20H2,1-11H3/t26?,27?,32-,36?/m1/s1. The Morgan fingerprint density at radius 1 is 1.10 bits per heavy atom. The number of fused-ring (bicyclic) bond motifs is 4. The first-order valence-corrected chi connectivity index (χ1v) is 20.1. The van der Waals surface area contributed by atoms with E-state index in [2.05, 4.69) is 114 Å². The molecule has 2 aliphatic carbocycles. The highest BCUT2D eigenvalue weighted by Gasteiger charge is 2.57. The van der Waals surface area contributed by atoms with Gasteiger partial charge in [-0.1, -0.05) is 95.3 Å². The van der Waals surface area contributed by atoms with Gasteiger partial charge in [-0.25, -0.2) is 0 Å². The minimum atomic E-state index is -2.07. The molecule has 2 aromatic rings. The van der Waals surface area contributed by atoms with Crippen LogP contribution < -0.4 is 0 Å². The number of halogens is 1. The fourth-order valence-corrected chi connectivity index (χ4v) is 9.61. The summed E-state index contributed by atoms with van der Waals surface area (Å²) in [5.74, 6) is 0.279. The molecule has 1 aromatic heterocycles. The summed E-state index contributed by atoms with van der Waals surface area (Å²) in [6.45, 7) is 25.1. The van der Waals surface area contributed by atoms with Gasteiger partial charge in [0.05, 0.1) is 17.6 Å². The predicted molar refractivity (Wildman–Crippen MR) is 183 cm³/mol. The van der Waals surface area contributed by atoms with E-state index in [1.807, 2.05) is 13.8 Å². The van der Waals surface area contributed by atoms with Gasteiger partial charge in [-0.3, -0.25) is 4.98 Å². The van der Waals surface area contributed by atoms with Crippen LogP contribution in [-0.4, -0.2) is 17.2 Å². The molecule has 4 nitrogen and oxygen atoms in total. The SMILES string of the molecule is CC(C)c1nc2c(c3c1[C@@H](c1ccc(C(C)(C)C#N)cc1)OC31CCCC1I)C(O[Si](C)(C)C(C)(C)C)CC(C)(C)C2. The molecular formula is C36H51IN2O2Si. The maximum absolute atomic E-state index is 9.74. The van der Waals surface area contributed by atoms with E-state index < -0.39 is 13.7 Å². The smallest absolute Gasteiger partial charge is 0.192 e. The lowest BCUT2D eigenvalue weighted by atomic mass is 9.70. The number of nitriles is 1. The molecule has 1 spiro atoms. The average molecular weight is 699 g/mol. The third-order valence-electron chi connectivity index (χ3n) is 10.6. The zero-order chi connectivity index (χ0) is 31.0. The van der Waals surface area contributed by atoms with Gasteiger partial charge in [0.2, 0.25) is 0 Å². The molecule has 5 rings (SSSR count). The summed E-state index contributed by atoms with van der Waals surface area (Å²) in [5, 5.41) is 9.86. The van der Waals surface area contributed by atoms with Gasteiger partial charge in [0.1, 0.15) is 11.7 Å². The third-order valence-corrected chi connectivity index (χ3v) is 16.7. The zero-order valence-electron chi connectivity index (χ0n) is 27.7. The predicted octanol–water partition coefficient (Wildman–Crippen LogP) is 10.3. The molecule has 3 unspecified atom stereocenters. The monoisotopic (exact) mass is 698 g/mol. The topological polar surface area (TPSA) is 55.1 Å². The van der Waals surface area contributed by atoms with Crippen LogP contribution in [-0.2, 0) is 26.6 Å². The van der Waals surface area contributed by atoms with Crippen LogP contribution in [0.5, 0.6) is 0 Å². The first-order valence-electron chi connectivity index (χ1n) is 15.9. The number of pyridine rings is 1. The van der Waals surface area contributed by atoms with E-state index in [0.717, 1.165) is 36.8 Å². The molecule has 228 valence electrons. The fraction of sp³-hybridized carbons (Fsp3) is 0.667. The van der Waals surface area contributed by atoms with E-state index in [0.29, 0.717) is 3.92 Å². The molecule has 42 heavy (non-hydrogen) atoms. The number of hydrogen-bond acceptors (Lipinski definition) is 4. The van der Waals surface area contributed by atoms with Crippen molar-refractivity contribution >= 4 is 30.9 Å². The first-order chi connectivity index (χ1) is 19.3. The van der Waals surface area contributed by atoms with Crippen LogP contribution >= 0.6 is 22.6 Å². The van der Waals surface area contributed by atoms with Crippen molar-refractivity contribution in [3.8, 4) is 6.07 Å². The third kappa shape index (κ3) is 5.33. The second kappa shape index (κ2) is 10.7. The Kier molecular flexibility index (Phi) is 8.16. The van der Waals surface area contributed by atoms with Crippen LogP contribution in [0.4, 0.5) is 0 Å². The number of rotatable bonds is 5. The molecule has 6 heteroatoms. The molecule has 0 amide bonds. The molecule has 0 radical (unpaired) electrons. The van der Waals surface area contributed by atoms with Crippen molar-refractivity contribution in [1.29, 1.82) is 5.26 Å². The summed E-state index contributed by atoms with van der Waals surface area (Å²) in [6, 6.07) is 11.1. The van der Waals surface area contributed by atoms with Gasteiger partial charge < -0.3 is 9.16 Å².